The van der Waals surface area contributed by atoms with Gasteiger partial charge in [0.1, 0.15) is 0 Å². The Kier molecular flexibility index (Phi) is 3.15. The predicted molar refractivity (Wildman–Crippen MR) is 74.6 cm³/mol. The van der Waals surface area contributed by atoms with Gasteiger partial charge in [-0.2, -0.15) is 0 Å². The van der Waals surface area contributed by atoms with Gasteiger partial charge in [-0.3, -0.25) is 4.57 Å². The summed E-state index contributed by atoms with van der Waals surface area (Å²) in [6.07, 6.45) is 4.89. The van der Waals surface area contributed by atoms with Crippen LogP contribution in [-0.4, -0.2) is 52.9 Å². The molecule has 0 aromatic carbocycles. The molecule has 2 aliphatic rings. The summed E-state index contributed by atoms with van der Waals surface area (Å²) < 4.78 is 2.97. The number of hydrogen-bond donors (Lipinski definition) is 1. The van der Waals surface area contributed by atoms with Crippen LogP contribution in [0.3, 0.4) is 0 Å². The number of aromatic nitrogens is 3. The van der Waals surface area contributed by atoms with E-state index in [9.17, 15) is 0 Å². The highest BCUT2D eigenvalue weighted by molar-refractivity contribution is 7.71. The van der Waals surface area contributed by atoms with Crippen LogP contribution in [0, 0.1) is 4.77 Å². The summed E-state index contributed by atoms with van der Waals surface area (Å²) in [6, 6.07) is 1.17. The Morgan fingerprint density at radius 3 is 2.56 bits per heavy atom. The van der Waals surface area contributed by atoms with E-state index in [0.717, 1.165) is 10.7 Å². The molecule has 1 saturated carbocycles. The molecule has 18 heavy (non-hydrogen) atoms. The Morgan fingerprint density at radius 1 is 1.28 bits per heavy atom. The second-order valence-corrected chi connectivity index (χ2v) is 5.96. The van der Waals surface area contributed by atoms with Crippen LogP contribution in [0.5, 0.6) is 0 Å². The molecular formula is C12H21N5S. The van der Waals surface area contributed by atoms with E-state index in [1.807, 2.05) is 0 Å². The number of nitrogens with zero attached hydrogens (tertiary/aromatic N) is 4. The van der Waals surface area contributed by atoms with Gasteiger partial charge in [-0.05, 0) is 58.0 Å². The SMILES string of the molecule is CN1CCC(N(C)c2n[nH]c(=S)n2C2CC2)CC1. The molecule has 0 radical (unpaired) electrons. The van der Waals surface area contributed by atoms with Crippen molar-refractivity contribution in [2.45, 2.75) is 37.8 Å². The molecule has 1 N–H and O–H groups in total. The van der Waals surface area contributed by atoms with Gasteiger partial charge in [0.05, 0.1) is 0 Å². The molecule has 1 saturated heterocycles. The first-order chi connectivity index (χ1) is 8.66. The first-order valence-electron chi connectivity index (χ1n) is 6.75. The Labute approximate surface area is 113 Å². The molecule has 3 rings (SSSR count). The zero-order valence-corrected chi connectivity index (χ0v) is 11.9. The third kappa shape index (κ3) is 2.19. The van der Waals surface area contributed by atoms with Gasteiger partial charge in [0.15, 0.2) is 4.77 Å². The Morgan fingerprint density at radius 2 is 1.94 bits per heavy atom. The highest BCUT2D eigenvalue weighted by atomic mass is 32.1. The molecule has 6 heteroatoms. The fraction of sp³-hybridized carbons (Fsp3) is 0.833. The zero-order chi connectivity index (χ0) is 12.7. The number of rotatable bonds is 3. The second-order valence-electron chi connectivity index (χ2n) is 5.58. The van der Waals surface area contributed by atoms with E-state index in [1.54, 1.807) is 0 Å². The zero-order valence-electron chi connectivity index (χ0n) is 11.1. The third-order valence-electron chi connectivity index (χ3n) is 4.15. The van der Waals surface area contributed by atoms with Crippen molar-refractivity contribution in [1.82, 2.24) is 19.7 Å². The van der Waals surface area contributed by atoms with E-state index in [0.29, 0.717) is 12.1 Å². The molecule has 0 atom stereocenters. The highest BCUT2D eigenvalue weighted by Crippen LogP contribution is 2.38. The van der Waals surface area contributed by atoms with Gasteiger partial charge in [-0.1, -0.05) is 0 Å². The number of likely N-dealkylation sites (tertiary alicyclic amines) is 1. The molecule has 0 amide bonds. The van der Waals surface area contributed by atoms with Gasteiger partial charge < -0.3 is 9.80 Å². The molecule has 2 fully saturated rings. The van der Waals surface area contributed by atoms with E-state index < -0.39 is 0 Å². The number of nitrogens with one attached hydrogen (secondary N) is 1. The van der Waals surface area contributed by atoms with Crippen LogP contribution < -0.4 is 4.90 Å². The monoisotopic (exact) mass is 267 g/mol. The van der Waals surface area contributed by atoms with Crippen molar-refractivity contribution in [2.24, 2.45) is 0 Å². The van der Waals surface area contributed by atoms with E-state index in [4.69, 9.17) is 12.2 Å². The normalized spacial score (nSPS) is 22.3. The van der Waals surface area contributed by atoms with Gasteiger partial charge >= 0.3 is 0 Å². The molecule has 5 nitrogen and oxygen atoms in total. The Bertz CT molecular complexity index is 467. The van der Waals surface area contributed by atoms with Crippen molar-refractivity contribution in [1.29, 1.82) is 0 Å². The smallest absolute Gasteiger partial charge is 0.225 e. The molecular weight excluding hydrogens is 246 g/mol. The topological polar surface area (TPSA) is 40.1 Å². The molecule has 100 valence electrons. The first kappa shape index (κ1) is 12.2. The van der Waals surface area contributed by atoms with Crippen LogP contribution in [0.2, 0.25) is 0 Å². The largest absolute Gasteiger partial charge is 0.341 e. The molecule has 1 aromatic rings. The van der Waals surface area contributed by atoms with Crippen LogP contribution in [0.1, 0.15) is 31.7 Å². The van der Waals surface area contributed by atoms with Gasteiger partial charge in [0.25, 0.3) is 0 Å². The Hall–Kier alpha value is -0.880. The number of anilines is 1. The molecule has 0 unspecified atom stereocenters. The Balaban J connectivity index is 1.79. The van der Waals surface area contributed by atoms with Gasteiger partial charge in [0.2, 0.25) is 5.95 Å². The molecule has 0 spiro atoms. The van der Waals surface area contributed by atoms with Gasteiger partial charge in [-0.25, -0.2) is 5.10 Å². The van der Waals surface area contributed by atoms with E-state index in [1.165, 1.54) is 38.8 Å². The lowest BCUT2D eigenvalue weighted by molar-refractivity contribution is 0.251. The van der Waals surface area contributed by atoms with Crippen molar-refractivity contribution in [3.05, 3.63) is 4.77 Å². The molecule has 1 aliphatic carbocycles. The van der Waals surface area contributed by atoms with E-state index in [-0.39, 0.29) is 0 Å². The maximum Gasteiger partial charge on any atom is 0.225 e. The minimum absolute atomic E-state index is 0.583. The number of hydrogen-bond acceptors (Lipinski definition) is 4. The maximum atomic E-state index is 5.34. The van der Waals surface area contributed by atoms with Crippen molar-refractivity contribution < 1.29 is 0 Å². The van der Waals surface area contributed by atoms with Gasteiger partial charge in [0, 0.05) is 19.1 Å². The van der Waals surface area contributed by atoms with Crippen LogP contribution >= 0.6 is 12.2 Å². The average molecular weight is 267 g/mol. The summed E-state index contributed by atoms with van der Waals surface area (Å²) in [5.74, 6) is 1.03. The fourth-order valence-electron chi connectivity index (χ4n) is 2.75. The predicted octanol–water partition coefficient (Wildman–Crippen LogP) is 1.81. The number of aromatic amines is 1. The summed E-state index contributed by atoms with van der Waals surface area (Å²) in [4.78, 5) is 4.71. The second kappa shape index (κ2) is 4.66. The summed E-state index contributed by atoms with van der Waals surface area (Å²) in [5.41, 5.74) is 0. The quantitative estimate of drug-likeness (QED) is 0.848. The van der Waals surface area contributed by atoms with Gasteiger partial charge in [-0.15, -0.1) is 5.10 Å². The summed E-state index contributed by atoms with van der Waals surface area (Å²) >= 11 is 5.34. The van der Waals surface area contributed by atoms with Crippen LogP contribution in [0.15, 0.2) is 0 Å². The van der Waals surface area contributed by atoms with Crippen molar-refractivity contribution in [2.75, 3.05) is 32.1 Å². The summed E-state index contributed by atoms with van der Waals surface area (Å²) in [6.45, 7) is 2.34. The lowest BCUT2D eigenvalue weighted by atomic mass is 10.0. The average Bonchev–Trinajstić information content (AvgIpc) is 3.13. The van der Waals surface area contributed by atoms with E-state index >= 15 is 0 Å². The van der Waals surface area contributed by atoms with Crippen molar-refractivity contribution >= 4 is 18.2 Å². The summed E-state index contributed by atoms with van der Waals surface area (Å²) in [7, 11) is 4.34. The fourth-order valence-corrected chi connectivity index (χ4v) is 3.03. The van der Waals surface area contributed by atoms with Crippen LogP contribution in [0.25, 0.3) is 0 Å². The lowest BCUT2D eigenvalue weighted by Gasteiger charge is -2.35. The molecule has 0 bridgehead atoms. The first-order valence-corrected chi connectivity index (χ1v) is 7.16. The van der Waals surface area contributed by atoms with Crippen LogP contribution in [-0.2, 0) is 0 Å². The molecule has 1 aliphatic heterocycles. The minimum Gasteiger partial charge on any atom is -0.341 e. The number of piperidine rings is 1. The minimum atomic E-state index is 0.583. The molecule has 2 heterocycles. The molecule has 1 aromatic heterocycles. The van der Waals surface area contributed by atoms with Crippen LogP contribution in [0.4, 0.5) is 5.95 Å². The standard InChI is InChI=1S/C12H21N5S/c1-15-7-5-9(6-8-15)16(2)11-13-14-12(18)17(11)10-3-4-10/h9-10H,3-8H2,1-2H3,(H,14,18). The van der Waals surface area contributed by atoms with Crippen molar-refractivity contribution in [3.8, 4) is 0 Å². The maximum absolute atomic E-state index is 5.34. The highest BCUT2D eigenvalue weighted by Gasteiger charge is 2.31. The lowest BCUT2D eigenvalue weighted by Crippen LogP contribution is -2.42. The van der Waals surface area contributed by atoms with Crippen molar-refractivity contribution in [3.63, 3.8) is 0 Å². The van der Waals surface area contributed by atoms with E-state index in [2.05, 4.69) is 38.7 Å². The summed E-state index contributed by atoms with van der Waals surface area (Å²) in [5, 5.41) is 7.38. The third-order valence-corrected chi connectivity index (χ3v) is 4.44. The number of H-pyrrole nitrogens is 1.